The van der Waals surface area contributed by atoms with Gasteiger partial charge in [-0.05, 0) is 38.5 Å². The number of hydrogen-bond donors (Lipinski definition) is 4. The van der Waals surface area contributed by atoms with Crippen LogP contribution in [0.25, 0.3) is 0 Å². The van der Waals surface area contributed by atoms with Gasteiger partial charge < -0.3 is 39.4 Å². The molecule has 37 heavy (non-hydrogen) atoms. The van der Waals surface area contributed by atoms with E-state index in [9.17, 15) is 29.7 Å². The molecule has 1 aromatic rings. The number of carboxylic acid groups (broad SMARTS) is 1. The first kappa shape index (κ1) is 25.5. The van der Waals surface area contributed by atoms with Crippen LogP contribution in [-0.2, 0) is 29.3 Å². The van der Waals surface area contributed by atoms with Crippen LogP contribution in [-0.4, -0.2) is 100.0 Å². The van der Waals surface area contributed by atoms with E-state index in [-0.39, 0.29) is 24.1 Å². The van der Waals surface area contributed by atoms with Crippen molar-refractivity contribution < 1.29 is 53.8 Å². The SMILES string of the molecule is COc1cccc2c1OC1C(OC(=O)[C@H](O)[C@@H](O)C(=O)O[C@@H](C)C(=O)O)=CC[C@@]3(O)[C@H]4C(CN4C)CC213. The number of para-hydroxylation sites is 1. The molecule has 0 radical (unpaired) electrons. The van der Waals surface area contributed by atoms with Gasteiger partial charge in [-0.3, -0.25) is 4.90 Å². The number of nitrogens with zero attached hydrogens (tertiary/aromatic N) is 1. The summed E-state index contributed by atoms with van der Waals surface area (Å²) in [6, 6.07) is 5.25. The van der Waals surface area contributed by atoms with Crippen molar-refractivity contribution in [1.82, 2.24) is 4.90 Å². The van der Waals surface area contributed by atoms with Gasteiger partial charge in [0, 0.05) is 24.6 Å². The van der Waals surface area contributed by atoms with Gasteiger partial charge in [0.25, 0.3) is 0 Å². The van der Waals surface area contributed by atoms with E-state index in [2.05, 4.69) is 9.64 Å². The van der Waals surface area contributed by atoms with Gasteiger partial charge in [-0.2, -0.15) is 0 Å². The summed E-state index contributed by atoms with van der Waals surface area (Å²) in [5, 5.41) is 41.4. The van der Waals surface area contributed by atoms with Crippen LogP contribution in [0.3, 0.4) is 0 Å². The third-order valence-electron chi connectivity index (χ3n) is 8.17. The molecule has 1 spiro atoms. The number of benzene rings is 1. The van der Waals surface area contributed by atoms with Crippen LogP contribution in [0.4, 0.5) is 0 Å². The average Bonchev–Trinajstić information content (AvgIpc) is 3.31. The molecule has 1 aromatic carbocycles. The number of aliphatic carboxylic acids is 1. The number of carbonyl (C=O) groups is 3. The number of aliphatic hydroxyl groups is 3. The van der Waals surface area contributed by atoms with E-state index in [4.69, 9.17) is 19.3 Å². The molecule has 12 nitrogen and oxygen atoms in total. The fraction of sp³-hybridized carbons (Fsp3) is 0.560. The number of rotatable bonds is 7. The van der Waals surface area contributed by atoms with E-state index in [1.54, 1.807) is 12.1 Å². The molecule has 200 valence electrons. The van der Waals surface area contributed by atoms with Gasteiger partial charge in [-0.25, -0.2) is 14.4 Å². The molecule has 1 saturated carbocycles. The van der Waals surface area contributed by atoms with Crippen LogP contribution in [0, 0.1) is 5.92 Å². The van der Waals surface area contributed by atoms with E-state index in [0.717, 1.165) is 19.0 Å². The number of hydrogen-bond acceptors (Lipinski definition) is 11. The molecule has 2 fully saturated rings. The first-order chi connectivity index (χ1) is 17.5. The summed E-state index contributed by atoms with van der Waals surface area (Å²) in [5.74, 6) is -3.24. The first-order valence-electron chi connectivity index (χ1n) is 11.9. The molecule has 0 aromatic heterocycles. The number of carboxylic acids is 1. The molecule has 3 unspecified atom stereocenters. The molecular formula is C25H29NO11. The molecule has 2 heterocycles. The second kappa shape index (κ2) is 8.69. The van der Waals surface area contributed by atoms with Gasteiger partial charge >= 0.3 is 17.9 Å². The van der Waals surface area contributed by atoms with Gasteiger partial charge in [-0.1, -0.05) is 12.1 Å². The molecule has 12 heteroatoms. The smallest absolute Gasteiger partial charge is 0.344 e. The lowest BCUT2D eigenvalue weighted by atomic mass is 9.61. The van der Waals surface area contributed by atoms with Gasteiger partial charge in [-0.15, -0.1) is 0 Å². The summed E-state index contributed by atoms with van der Waals surface area (Å²) in [5.41, 5.74) is -1.48. The minimum Gasteiger partial charge on any atom is -0.493 e. The number of esters is 2. The second-order valence-electron chi connectivity index (χ2n) is 10.1. The first-order valence-corrected chi connectivity index (χ1v) is 11.9. The van der Waals surface area contributed by atoms with Gasteiger partial charge in [0.15, 0.2) is 35.9 Å². The highest BCUT2D eigenvalue weighted by Crippen LogP contribution is 2.67. The van der Waals surface area contributed by atoms with E-state index in [1.165, 1.54) is 13.2 Å². The standard InChI is InChI=1S/C25H29NO11/c1-11(21(29)30)35-22(31)16(27)17(28)23(32)36-15-7-8-25(33)19-12(10-26(19)2)9-24(25)13-5-4-6-14(34-3)18(13)37-20(15)24/h4-7,11-12,16-17,19-20,27-28,33H,8-10H2,1-3H3,(H,29,30)/t11-,12?,16+,17+,19+,20?,24?,25+/m0/s1. The van der Waals surface area contributed by atoms with Crippen LogP contribution in [0.2, 0.25) is 0 Å². The molecule has 1 saturated heterocycles. The monoisotopic (exact) mass is 519 g/mol. The highest BCUT2D eigenvalue weighted by molar-refractivity contribution is 5.87. The van der Waals surface area contributed by atoms with Gasteiger partial charge in [0.2, 0.25) is 0 Å². The summed E-state index contributed by atoms with van der Waals surface area (Å²) in [6.07, 6.45) is -5.05. The Labute approximate surface area is 212 Å². The number of likely N-dealkylation sites (tertiary alicyclic amines) is 1. The van der Waals surface area contributed by atoms with Gasteiger partial charge in [0.05, 0.1) is 18.1 Å². The number of likely N-dealkylation sites (N-methyl/N-ethyl adjacent to an activating group) is 1. The number of fused-ring (bicyclic) bond motifs is 3. The maximum Gasteiger partial charge on any atom is 0.344 e. The lowest BCUT2D eigenvalue weighted by Gasteiger charge is -2.52. The predicted molar refractivity (Wildman–Crippen MR) is 123 cm³/mol. The Bertz CT molecular complexity index is 1180. The fourth-order valence-corrected chi connectivity index (χ4v) is 6.57. The van der Waals surface area contributed by atoms with Crippen molar-refractivity contribution in [3.63, 3.8) is 0 Å². The lowest BCUT2D eigenvalue weighted by Crippen LogP contribution is -2.67. The predicted octanol–water partition coefficient (Wildman–Crippen LogP) is -0.672. The summed E-state index contributed by atoms with van der Waals surface area (Å²) >= 11 is 0. The summed E-state index contributed by atoms with van der Waals surface area (Å²) in [4.78, 5) is 37.8. The normalized spacial score (nSPS) is 33.7. The molecule has 2 aliphatic carbocycles. The van der Waals surface area contributed by atoms with Crippen molar-refractivity contribution in [2.75, 3.05) is 20.7 Å². The molecule has 2 aliphatic heterocycles. The zero-order valence-electron chi connectivity index (χ0n) is 20.5. The van der Waals surface area contributed by atoms with Crippen molar-refractivity contribution in [3.05, 3.63) is 35.6 Å². The molecule has 0 bridgehead atoms. The maximum atomic E-state index is 12.8. The Morgan fingerprint density at radius 3 is 2.54 bits per heavy atom. The second-order valence-corrected chi connectivity index (χ2v) is 10.1. The van der Waals surface area contributed by atoms with Crippen molar-refractivity contribution in [2.45, 2.75) is 61.2 Å². The van der Waals surface area contributed by atoms with Crippen LogP contribution in [0.5, 0.6) is 11.5 Å². The third-order valence-corrected chi connectivity index (χ3v) is 8.17. The fourth-order valence-electron chi connectivity index (χ4n) is 6.57. The number of ether oxygens (including phenoxy) is 4. The van der Waals surface area contributed by atoms with Crippen molar-refractivity contribution >= 4 is 17.9 Å². The number of methoxy groups -OCH3 is 1. The largest absolute Gasteiger partial charge is 0.493 e. The minimum absolute atomic E-state index is 0.0235. The average molecular weight is 520 g/mol. The van der Waals surface area contributed by atoms with Crippen LogP contribution in [0.1, 0.15) is 25.3 Å². The van der Waals surface area contributed by atoms with E-state index in [1.807, 2.05) is 13.1 Å². The molecular weight excluding hydrogens is 490 g/mol. The van der Waals surface area contributed by atoms with E-state index >= 15 is 0 Å². The van der Waals surface area contributed by atoms with Crippen LogP contribution >= 0.6 is 0 Å². The van der Waals surface area contributed by atoms with Crippen LogP contribution < -0.4 is 9.47 Å². The zero-order chi connectivity index (χ0) is 26.9. The molecule has 4 N–H and O–H groups in total. The summed E-state index contributed by atoms with van der Waals surface area (Å²) < 4.78 is 21.8. The van der Waals surface area contributed by atoms with Crippen molar-refractivity contribution in [2.24, 2.45) is 5.92 Å². The maximum absolute atomic E-state index is 12.8. The zero-order valence-corrected chi connectivity index (χ0v) is 20.5. The third kappa shape index (κ3) is 3.46. The minimum atomic E-state index is -2.37. The molecule has 5 rings (SSSR count). The molecule has 8 atom stereocenters. The number of carbonyl (C=O) groups excluding carboxylic acids is 2. The molecule has 4 aliphatic rings. The lowest BCUT2D eigenvalue weighted by molar-refractivity contribution is -0.179. The van der Waals surface area contributed by atoms with Crippen molar-refractivity contribution in [3.8, 4) is 11.5 Å². The van der Waals surface area contributed by atoms with Gasteiger partial charge in [0.1, 0.15) is 5.76 Å². The highest BCUT2D eigenvalue weighted by Gasteiger charge is 2.75. The topological polar surface area (TPSA) is 172 Å². The summed E-state index contributed by atoms with van der Waals surface area (Å²) in [7, 11) is 3.44. The summed E-state index contributed by atoms with van der Waals surface area (Å²) in [6.45, 7) is 1.85. The Morgan fingerprint density at radius 2 is 1.89 bits per heavy atom. The molecule has 0 amide bonds. The van der Waals surface area contributed by atoms with Crippen LogP contribution in [0.15, 0.2) is 30.0 Å². The Hall–Kier alpha value is -3.19. The quantitative estimate of drug-likeness (QED) is 0.335. The Kier molecular flexibility index (Phi) is 5.98. The Morgan fingerprint density at radius 1 is 1.19 bits per heavy atom. The van der Waals surface area contributed by atoms with Crippen molar-refractivity contribution in [1.29, 1.82) is 0 Å². The van der Waals surface area contributed by atoms with E-state index < -0.39 is 53.3 Å². The highest BCUT2D eigenvalue weighted by atomic mass is 16.6. The number of aliphatic hydroxyl groups excluding tert-OH is 2. The Balaban J connectivity index is 1.44. The van der Waals surface area contributed by atoms with E-state index in [0.29, 0.717) is 17.9 Å².